The van der Waals surface area contributed by atoms with Gasteiger partial charge in [0.05, 0.1) is 18.8 Å². The van der Waals surface area contributed by atoms with Crippen molar-refractivity contribution < 1.29 is 14.4 Å². The summed E-state index contributed by atoms with van der Waals surface area (Å²) in [6, 6.07) is 0. The Kier molecular flexibility index (Phi) is 4.89. The molecular formula is C15H26N2O3. The van der Waals surface area contributed by atoms with Crippen molar-refractivity contribution in [1.29, 1.82) is 0 Å². The van der Waals surface area contributed by atoms with E-state index < -0.39 is 5.60 Å². The van der Waals surface area contributed by atoms with Gasteiger partial charge in [0, 0.05) is 0 Å². The fourth-order valence-electron chi connectivity index (χ4n) is 2.50. The summed E-state index contributed by atoms with van der Waals surface area (Å²) in [5.74, 6) is 0.662. The van der Waals surface area contributed by atoms with Crippen LogP contribution in [0.15, 0.2) is 5.16 Å². The summed E-state index contributed by atoms with van der Waals surface area (Å²) in [6.45, 7) is 7.38. The Morgan fingerprint density at radius 3 is 2.50 bits per heavy atom. The van der Waals surface area contributed by atoms with Gasteiger partial charge in [0.15, 0.2) is 0 Å². The zero-order valence-electron chi connectivity index (χ0n) is 12.9. The highest BCUT2D eigenvalue weighted by Crippen LogP contribution is 2.23. The molecule has 1 heterocycles. The maximum atomic E-state index is 11.7. The van der Waals surface area contributed by atoms with Gasteiger partial charge in [-0.1, -0.05) is 24.4 Å². The molecule has 0 spiro atoms. The summed E-state index contributed by atoms with van der Waals surface area (Å²) in [5.41, 5.74) is 0.480. The van der Waals surface area contributed by atoms with Gasteiger partial charge >= 0.3 is 6.09 Å². The molecular weight excluding hydrogens is 256 g/mol. The van der Waals surface area contributed by atoms with Gasteiger partial charge in [-0.2, -0.15) is 0 Å². The van der Waals surface area contributed by atoms with Crippen LogP contribution in [0.5, 0.6) is 0 Å². The van der Waals surface area contributed by atoms with E-state index in [0.717, 1.165) is 12.3 Å². The van der Waals surface area contributed by atoms with E-state index in [-0.39, 0.29) is 6.09 Å². The highest BCUT2D eigenvalue weighted by molar-refractivity contribution is 5.98. The van der Waals surface area contributed by atoms with E-state index in [4.69, 9.17) is 9.57 Å². The molecule has 2 fully saturated rings. The van der Waals surface area contributed by atoms with Crippen LogP contribution in [-0.4, -0.2) is 42.0 Å². The normalized spacial score (nSPS) is 20.4. The first kappa shape index (κ1) is 15.1. The minimum Gasteiger partial charge on any atom is -0.444 e. The van der Waals surface area contributed by atoms with Crippen LogP contribution in [0, 0.1) is 5.92 Å². The molecule has 1 aliphatic heterocycles. The van der Waals surface area contributed by atoms with Crippen LogP contribution in [0.1, 0.15) is 52.9 Å². The van der Waals surface area contributed by atoms with Crippen molar-refractivity contribution >= 4 is 11.8 Å². The van der Waals surface area contributed by atoms with Crippen LogP contribution >= 0.6 is 0 Å². The molecule has 1 amide bonds. The molecule has 1 saturated heterocycles. The summed E-state index contributed by atoms with van der Waals surface area (Å²) in [6.07, 6.45) is 6.23. The average Bonchev–Trinajstić information content (AvgIpc) is 2.31. The zero-order chi connectivity index (χ0) is 14.6. The highest BCUT2D eigenvalue weighted by Gasteiger charge is 2.31. The number of rotatable bonds is 3. The Hall–Kier alpha value is -1.26. The van der Waals surface area contributed by atoms with Crippen molar-refractivity contribution in [2.45, 2.75) is 58.5 Å². The van der Waals surface area contributed by atoms with E-state index in [1.165, 1.54) is 32.1 Å². The van der Waals surface area contributed by atoms with Crippen LogP contribution in [0.4, 0.5) is 4.79 Å². The van der Waals surface area contributed by atoms with Gasteiger partial charge in [0.25, 0.3) is 0 Å². The number of hydrogen-bond donors (Lipinski definition) is 0. The van der Waals surface area contributed by atoms with Crippen molar-refractivity contribution in [2.75, 3.05) is 19.7 Å². The zero-order valence-corrected chi connectivity index (χ0v) is 12.9. The number of amides is 1. The van der Waals surface area contributed by atoms with E-state index in [1.54, 1.807) is 4.90 Å². The number of nitrogens with zero attached hydrogens (tertiary/aromatic N) is 2. The smallest absolute Gasteiger partial charge is 0.410 e. The first-order valence-electron chi connectivity index (χ1n) is 7.60. The Bertz CT molecular complexity index is 360. The van der Waals surface area contributed by atoms with Gasteiger partial charge in [-0.3, -0.25) is 4.90 Å². The molecule has 0 N–H and O–H groups in total. The van der Waals surface area contributed by atoms with E-state index in [1.807, 2.05) is 20.8 Å². The fourth-order valence-corrected chi connectivity index (χ4v) is 2.50. The van der Waals surface area contributed by atoms with Gasteiger partial charge in [-0.15, -0.1) is 0 Å². The quantitative estimate of drug-likeness (QED) is 0.747. The lowest BCUT2D eigenvalue weighted by Crippen LogP contribution is -2.52. The largest absolute Gasteiger partial charge is 0.444 e. The molecule has 0 atom stereocenters. The molecule has 5 heteroatoms. The molecule has 0 aromatic heterocycles. The van der Waals surface area contributed by atoms with E-state index in [2.05, 4.69) is 5.16 Å². The maximum absolute atomic E-state index is 11.7. The second kappa shape index (κ2) is 6.46. The van der Waals surface area contributed by atoms with Gasteiger partial charge in [0.2, 0.25) is 0 Å². The molecule has 0 radical (unpaired) electrons. The second-order valence-electron chi connectivity index (χ2n) is 6.79. The molecule has 2 aliphatic rings. The third kappa shape index (κ3) is 4.69. The minimum atomic E-state index is -0.443. The first-order valence-corrected chi connectivity index (χ1v) is 7.60. The van der Waals surface area contributed by atoms with Crippen LogP contribution in [0.3, 0.4) is 0 Å². The van der Waals surface area contributed by atoms with Gasteiger partial charge in [-0.05, 0) is 39.5 Å². The predicted molar refractivity (Wildman–Crippen MR) is 77.8 cm³/mol. The topological polar surface area (TPSA) is 51.1 Å². The second-order valence-corrected chi connectivity index (χ2v) is 6.79. The number of ether oxygens (including phenoxy) is 1. The minimum absolute atomic E-state index is 0.274. The first-order chi connectivity index (χ1) is 9.44. The number of hydrogen-bond acceptors (Lipinski definition) is 4. The summed E-state index contributed by atoms with van der Waals surface area (Å²) in [5, 5.41) is 4.12. The number of oxime groups is 1. The highest BCUT2D eigenvalue weighted by atomic mass is 16.6. The molecule has 1 aliphatic carbocycles. The molecule has 1 saturated carbocycles. The number of carbonyl (C=O) groups is 1. The summed E-state index contributed by atoms with van der Waals surface area (Å²) >= 11 is 0. The number of carbonyl (C=O) groups excluding carboxylic acids is 1. The molecule has 0 aromatic rings. The van der Waals surface area contributed by atoms with E-state index in [0.29, 0.717) is 19.0 Å². The van der Waals surface area contributed by atoms with Crippen LogP contribution in [0.25, 0.3) is 0 Å². The summed E-state index contributed by atoms with van der Waals surface area (Å²) in [4.78, 5) is 18.8. The maximum Gasteiger partial charge on any atom is 0.410 e. The Morgan fingerprint density at radius 2 is 1.90 bits per heavy atom. The third-order valence-electron chi connectivity index (χ3n) is 3.63. The fraction of sp³-hybridized carbons (Fsp3) is 0.867. The monoisotopic (exact) mass is 282 g/mol. The van der Waals surface area contributed by atoms with Crippen molar-refractivity contribution in [1.82, 2.24) is 4.90 Å². The molecule has 2 rings (SSSR count). The molecule has 20 heavy (non-hydrogen) atoms. The number of likely N-dealkylation sites (tertiary alicyclic amines) is 1. The predicted octanol–water partition coefficient (Wildman–Crippen LogP) is 3.19. The summed E-state index contributed by atoms with van der Waals surface area (Å²) < 4.78 is 5.28. The van der Waals surface area contributed by atoms with Crippen LogP contribution in [0.2, 0.25) is 0 Å². The Morgan fingerprint density at radius 1 is 1.25 bits per heavy atom. The standard InChI is InChI=1S/C15H26N2O3/c1-15(2,3)20-14(18)17-9-13(10-17)16-19-11-12-7-5-4-6-8-12/h12H,4-11H2,1-3H3. The van der Waals surface area contributed by atoms with Crippen LogP contribution in [-0.2, 0) is 9.57 Å². The molecule has 0 aromatic carbocycles. The Balaban J connectivity index is 1.62. The van der Waals surface area contributed by atoms with Crippen molar-refractivity contribution in [3.05, 3.63) is 0 Å². The van der Waals surface area contributed by atoms with Crippen molar-refractivity contribution in [3.63, 3.8) is 0 Å². The van der Waals surface area contributed by atoms with E-state index >= 15 is 0 Å². The van der Waals surface area contributed by atoms with Gasteiger partial charge in [0.1, 0.15) is 12.2 Å². The third-order valence-corrected chi connectivity index (χ3v) is 3.63. The van der Waals surface area contributed by atoms with Gasteiger partial charge in [-0.25, -0.2) is 4.79 Å². The van der Waals surface area contributed by atoms with Gasteiger partial charge < -0.3 is 9.57 Å². The lowest BCUT2D eigenvalue weighted by atomic mass is 9.90. The van der Waals surface area contributed by atoms with Crippen molar-refractivity contribution in [3.8, 4) is 0 Å². The average molecular weight is 282 g/mol. The lowest BCUT2D eigenvalue weighted by molar-refractivity contribution is 0.0250. The molecule has 114 valence electrons. The van der Waals surface area contributed by atoms with Crippen LogP contribution < -0.4 is 0 Å². The van der Waals surface area contributed by atoms with Crippen molar-refractivity contribution in [2.24, 2.45) is 11.1 Å². The van der Waals surface area contributed by atoms with E-state index in [9.17, 15) is 4.79 Å². The molecule has 5 nitrogen and oxygen atoms in total. The molecule has 0 unspecified atom stereocenters. The Labute approximate surface area is 121 Å². The molecule has 0 bridgehead atoms. The lowest BCUT2D eigenvalue weighted by Gasteiger charge is -2.33. The SMILES string of the molecule is CC(C)(C)OC(=O)N1CC(=NOCC2CCCCC2)C1. The summed E-state index contributed by atoms with van der Waals surface area (Å²) in [7, 11) is 0.